The molecule has 1 aliphatic rings. The van der Waals surface area contributed by atoms with E-state index < -0.39 is 0 Å². The number of pyridine rings is 1. The van der Waals surface area contributed by atoms with Crippen molar-refractivity contribution in [2.45, 2.75) is 18.9 Å². The first-order chi connectivity index (χ1) is 8.27. The number of rotatable bonds is 1. The maximum Gasteiger partial charge on any atom is 0.274 e. The third-order valence-corrected chi connectivity index (χ3v) is 3.65. The van der Waals surface area contributed by atoms with Gasteiger partial charge in [0, 0.05) is 30.9 Å². The van der Waals surface area contributed by atoms with E-state index in [4.69, 9.17) is 0 Å². The molecule has 0 aromatic carbocycles. The number of fused-ring (bicyclic) bond motifs is 1. The van der Waals surface area contributed by atoms with E-state index in [1.165, 1.54) is 0 Å². The molecule has 17 heavy (non-hydrogen) atoms. The number of nitrogens with zero attached hydrogens (tertiary/aromatic N) is 2. The summed E-state index contributed by atoms with van der Waals surface area (Å²) in [5.74, 6) is 0. The van der Waals surface area contributed by atoms with Crippen LogP contribution in [0.5, 0.6) is 0 Å². The van der Waals surface area contributed by atoms with Crippen LogP contribution in [0.25, 0.3) is 10.9 Å². The van der Waals surface area contributed by atoms with E-state index in [1.54, 1.807) is 4.57 Å². The number of aromatic nitrogens is 2. The van der Waals surface area contributed by atoms with Gasteiger partial charge in [-0.15, -0.1) is 0 Å². The molecule has 2 aromatic rings. The number of piperidine rings is 1. The maximum atomic E-state index is 12.2. The van der Waals surface area contributed by atoms with Crippen LogP contribution < -0.4 is 10.9 Å². The number of nitrogens with one attached hydrogen (secondary N) is 1. The van der Waals surface area contributed by atoms with Gasteiger partial charge in [-0.1, -0.05) is 0 Å². The molecular formula is C13H17N3O. The van der Waals surface area contributed by atoms with Crippen LogP contribution in [0.2, 0.25) is 0 Å². The monoisotopic (exact) mass is 231 g/mol. The van der Waals surface area contributed by atoms with Crippen LogP contribution in [0, 0.1) is 0 Å². The Morgan fingerprint density at radius 3 is 2.71 bits per heavy atom. The molecule has 0 aliphatic carbocycles. The van der Waals surface area contributed by atoms with Crippen molar-refractivity contribution < 1.29 is 0 Å². The summed E-state index contributed by atoms with van der Waals surface area (Å²) in [5, 5.41) is 4.40. The van der Waals surface area contributed by atoms with Crippen molar-refractivity contribution in [1.29, 1.82) is 0 Å². The normalized spacial score (nSPS) is 17.7. The van der Waals surface area contributed by atoms with Gasteiger partial charge in [-0.25, -0.2) is 0 Å². The zero-order valence-electron chi connectivity index (χ0n) is 10.0. The minimum Gasteiger partial charge on any atom is -0.340 e. The molecule has 0 saturated carbocycles. The van der Waals surface area contributed by atoms with E-state index >= 15 is 0 Å². The highest BCUT2D eigenvalue weighted by atomic mass is 16.1. The molecule has 4 nitrogen and oxygen atoms in total. The second-order valence-corrected chi connectivity index (χ2v) is 4.74. The maximum absolute atomic E-state index is 12.2. The van der Waals surface area contributed by atoms with E-state index in [-0.39, 0.29) is 5.56 Å². The molecule has 3 heterocycles. The lowest BCUT2D eigenvalue weighted by atomic mass is 10.1. The lowest BCUT2D eigenvalue weighted by molar-refractivity contribution is 0.375. The van der Waals surface area contributed by atoms with E-state index in [0.29, 0.717) is 6.04 Å². The summed E-state index contributed by atoms with van der Waals surface area (Å²) in [4.78, 5) is 12.2. The summed E-state index contributed by atoms with van der Waals surface area (Å²) >= 11 is 0. The quantitative estimate of drug-likeness (QED) is 0.802. The fraction of sp³-hybridized carbons (Fsp3) is 0.462. The number of hydrogen-bond donors (Lipinski definition) is 1. The van der Waals surface area contributed by atoms with E-state index in [0.717, 1.165) is 36.8 Å². The van der Waals surface area contributed by atoms with Gasteiger partial charge in [0.1, 0.15) is 5.52 Å². The smallest absolute Gasteiger partial charge is 0.274 e. The van der Waals surface area contributed by atoms with E-state index in [1.807, 2.05) is 25.4 Å². The Balaban J connectivity index is 2.16. The molecule has 1 saturated heterocycles. The van der Waals surface area contributed by atoms with Crippen molar-refractivity contribution in [3.8, 4) is 0 Å². The lowest BCUT2D eigenvalue weighted by Crippen LogP contribution is -2.30. The van der Waals surface area contributed by atoms with Gasteiger partial charge in [0.05, 0.1) is 0 Å². The number of hydrogen-bond acceptors (Lipinski definition) is 2. The van der Waals surface area contributed by atoms with Crippen molar-refractivity contribution in [1.82, 2.24) is 14.5 Å². The molecule has 0 atom stereocenters. The zero-order chi connectivity index (χ0) is 11.8. The van der Waals surface area contributed by atoms with Gasteiger partial charge in [-0.3, -0.25) is 4.79 Å². The third kappa shape index (κ3) is 1.69. The molecule has 0 unspecified atom stereocenters. The summed E-state index contributed by atoms with van der Waals surface area (Å²) in [6, 6.07) is 4.51. The molecule has 2 aromatic heterocycles. The average molecular weight is 231 g/mol. The lowest BCUT2D eigenvalue weighted by Gasteiger charge is -2.24. The van der Waals surface area contributed by atoms with Gasteiger partial charge in [-0.2, -0.15) is 0 Å². The topological polar surface area (TPSA) is 39.0 Å². The molecule has 90 valence electrons. The first-order valence-corrected chi connectivity index (χ1v) is 6.14. The van der Waals surface area contributed by atoms with Gasteiger partial charge < -0.3 is 14.5 Å². The van der Waals surface area contributed by atoms with Crippen LogP contribution in [0.1, 0.15) is 18.9 Å². The third-order valence-electron chi connectivity index (χ3n) is 3.65. The predicted octanol–water partition coefficient (Wildman–Crippen LogP) is 1.26. The van der Waals surface area contributed by atoms with Crippen molar-refractivity contribution in [2.75, 3.05) is 13.1 Å². The highest BCUT2D eigenvalue weighted by Gasteiger charge is 2.17. The molecule has 1 aliphatic heterocycles. The van der Waals surface area contributed by atoms with Gasteiger partial charge in [0.2, 0.25) is 0 Å². The highest BCUT2D eigenvalue weighted by molar-refractivity contribution is 5.79. The van der Waals surface area contributed by atoms with Gasteiger partial charge >= 0.3 is 0 Å². The fourth-order valence-corrected chi connectivity index (χ4v) is 2.65. The highest BCUT2D eigenvalue weighted by Crippen LogP contribution is 2.23. The van der Waals surface area contributed by atoms with Crippen molar-refractivity contribution >= 4 is 10.9 Å². The van der Waals surface area contributed by atoms with Gasteiger partial charge in [0.25, 0.3) is 5.56 Å². The summed E-state index contributed by atoms with van der Waals surface area (Å²) < 4.78 is 3.82. The van der Waals surface area contributed by atoms with Crippen LogP contribution in [-0.2, 0) is 7.05 Å². The average Bonchev–Trinajstić information content (AvgIpc) is 2.79. The van der Waals surface area contributed by atoms with E-state index in [2.05, 4.69) is 16.1 Å². The first-order valence-electron chi connectivity index (χ1n) is 6.14. The molecule has 1 fully saturated rings. The molecule has 0 radical (unpaired) electrons. The van der Waals surface area contributed by atoms with Crippen LogP contribution >= 0.6 is 0 Å². The minimum atomic E-state index is 0.103. The minimum absolute atomic E-state index is 0.103. The molecule has 4 heteroatoms. The Kier molecular flexibility index (Phi) is 2.52. The van der Waals surface area contributed by atoms with E-state index in [9.17, 15) is 4.79 Å². The summed E-state index contributed by atoms with van der Waals surface area (Å²) in [5.41, 5.74) is 0.952. The predicted molar refractivity (Wildman–Crippen MR) is 68.3 cm³/mol. The van der Waals surface area contributed by atoms with Crippen molar-refractivity contribution in [3.05, 3.63) is 34.9 Å². The Morgan fingerprint density at radius 1 is 1.24 bits per heavy atom. The molecular weight excluding hydrogens is 214 g/mol. The Morgan fingerprint density at radius 2 is 1.94 bits per heavy atom. The van der Waals surface area contributed by atoms with Crippen LogP contribution in [0.3, 0.4) is 0 Å². The summed E-state index contributed by atoms with van der Waals surface area (Å²) in [6.45, 7) is 2.08. The Labute approximate surface area is 99.9 Å². The molecule has 0 bridgehead atoms. The largest absolute Gasteiger partial charge is 0.340 e. The molecule has 0 amide bonds. The fourth-order valence-electron chi connectivity index (χ4n) is 2.65. The van der Waals surface area contributed by atoms with Crippen LogP contribution in [-0.4, -0.2) is 22.2 Å². The second-order valence-electron chi connectivity index (χ2n) is 4.74. The first kappa shape index (κ1) is 10.6. The van der Waals surface area contributed by atoms with Gasteiger partial charge in [0.15, 0.2) is 0 Å². The second kappa shape index (κ2) is 4.04. The summed E-state index contributed by atoms with van der Waals surface area (Å²) in [7, 11) is 1.81. The molecule has 0 spiro atoms. The van der Waals surface area contributed by atoms with Gasteiger partial charge in [-0.05, 0) is 38.1 Å². The SMILES string of the molecule is Cn1ccc2ccn(C3CCNCC3)c2c1=O. The van der Waals surface area contributed by atoms with Crippen LogP contribution in [0.4, 0.5) is 0 Å². The van der Waals surface area contributed by atoms with Crippen molar-refractivity contribution in [2.24, 2.45) is 7.05 Å². The zero-order valence-corrected chi connectivity index (χ0v) is 10.0. The molecule has 1 N–H and O–H groups in total. The molecule has 3 rings (SSSR count). The standard InChI is InChI=1S/C13H17N3O/c1-15-8-4-10-5-9-16(12(10)13(15)17)11-2-6-14-7-3-11/h4-5,8-9,11,14H,2-3,6-7H2,1H3. The Hall–Kier alpha value is -1.55. The summed E-state index contributed by atoms with van der Waals surface area (Å²) in [6.07, 6.45) is 6.09. The van der Waals surface area contributed by atoms with Crippen LogP contribution in [0.15, 0.2) is 29.3 Å². The number of aryl methyl sites for hydroxylation is 1. The Bertz CT molecular complexity index is 590. The van der Waals surface area contributed by atoms with Crippen molar-refractivity contribution in [3.63, 3.8) is 0 Å².